The summed E-state index contributed by atoms with van der Waals surface area (Å²) in [6.07, 6.45) is 0.421. The summed E-state index contributed by atoms with van der Waals surface area (Å²) in [7, 11) is 0. The first-order valence-corrected chi connectivity index (χ1v) is 10.7. The number of hydrogen-bond donors (Lipinski definition) is 1. The second kappa shape index (κ2) is 9.59. The van der Waals surface area contributed by atoms with Crippen LogP contribution in [0.4, 0.5) is 8.78 Å². The molecule has 31 heavy (non-hydrogen) atoms. The van der Waals surface area contributed by atoms with Crippen molar-refractivity contribution in [1.29, 1.82) is 0 Å². The van der Waals surface area contributed by atoms with Crippen LogP contribution in [-0.4, -0.2) is 26.2 Å². The minimum absolute atomic E-state index is 0.159. The van der Waals surface area contributed by atoms with E-state index >= 15 is 0 Å². The molecule has 0 aliphatic rings. The molecule has 0 spiro atoms. The summed E-state index contributed by atoms with van der Waals surface area (Å²) in [6, 6.07) is 12.2. The van der Waals surface area contributed by atoms with Gasteiger partial charge in [-0.1, -0.05) is 41.6 Å². The number of nitrogens with one attached hydrogen (secondary N) is 1. The van der Waals surface area contributed by atoms with E-state index in [0.29, 0.717) is 35.5 Å². The molecule has 10 heteroatoms. The fourth-order valence-electron chi connectivity index (χ4n) is 3.02. The molecule has 0 amide bonds. The van der Waals surface area contributed by atoms with Crippen molar-refractivity contribution >= 4 is 29.1 Å². The van der Waals surface area contributed by atoms with Gasteiger partial charge in [0.05, 0.1) is 13.2 Å². The molecule has 0 unspecified atom stereocenters. The van der Waals surface area contributed by atoms with Gasteiger partial charge >= 0.3 is 0 Å². The summed E-state index contributed by atoms with van der Waals surface area (Å²) < 4.78 is 34.7. The maximum atomic E-state index is 13.9. The minimum atomic E-state index is -0.510. The zero-order chi connectivity index (χ0) is 21.8. The van der Waals surface area contributed by atoms with Gasteiger partial charge in [-0.25, -0.2) is 8.78 Å². The highest BCUT2D eigenvalue weighted by Crippen LogP contribution is 2.24. The normalized spacial score (nSPS) is 11.3. The van der Waals surface area contributed by atoms with Crippen LogP contribution in [0.2, 0.25) is 5.02 Å². The van der Waals surface area contributed by atoms with Crippen LogP contribution in [0.15, 0.2) is 58.5 Å². The van der Waals surface area contributed by atoms with Gasteiger partial charge in [0.15, 0.2) is 5.16 Å². The Kier molecular flexibility index (Phi) is 6.64. The van der Waals surface area contributed by atoms with E-state index in [1.165, 1.54) is 17.8 Å². The van der Waals surface area contributed by atoms with Crippen LogP contribution in [0.3, 0.4) is 0 Å². The van der Waals surface area contributed by atoms with Gasteiger partial charge < -0.3 is 4.74 Å². The number of aromatic amines is 1. The predicted octanol–water partition coefficient (Wildman–Crippen LogP) is 4.40. The quantitative estimate of drug-likeness (QED) is 0.310. The summed E-state index contributed by atoms with van der Waals surface area (Å²) in [5.41, 5.74) is 1.42. The Balaban J connectivity index is 1.49. The highest BCUT2D eigenvalue weighted by Gasteiger charge is 2.14. The van der Waals surface area contributed by atoms with E-state index in [0.717, 1.165) is 23.8 Å². The third kappa shape index (κ3) is 5.12. The lowest BCUT2D eigenvalue weighted by Gasteiger charge is -2.09. The summed E-state index contributed by atoms with van der Waals surface area (Å²) in [5.74, 6) is -0.574. The van der Waals surface area contributed by atoms with Crippen LogP contribution in [0.25, 0.3) is 5.78 Å². The molecule has 0 bridgehead atoms. The molecule has 2 aromatic carbocycles. The van der Waals surface area contributed by atoms with Crippen molar-refractivity contribution in [2.45, 2.75) is 23.9 Å². The molecular weight excluding hydrogens is 446 g/mol. The highest BCUT2D eigenvalue weighted by atomic mass is 35.5. The Labute approximate surface area is 185 Å². The van der Waals surface area contributed by atoms with Gasteiger partial charge in [0.1, 0.15) is 11.6 Å². The van der Waals surface area contributed by atoms with Crippen LogP contribution in [0.5, 0.6) is 0 Å². The zero-order valence-corrected chi connectivity index (χ0v) is 17.7. The maximum Gasteiger partial charge on any atom is 0.252 e. The molecule has 2 heterocycles. The smallest absolute Gasteiger partial charge is 0.252 e. The van der Waals surface area contributed by atoms with Crippen molar-refractivity contribution in [2.24, 2.45) is 0 Å². The van der Waals surface area contributed by atoms with Crippen LogP contribution in [0.1, 0.15) is 16.8 Å². The van der Waals surface area contributed by atoms with E-state index in [-0.39, 0.29) is 22.7 Å². The van der Waals surface area contributed by atoms with Gasteiger partial charge in [-0.2, -0.15) is 0 Å². The van der Waals surface area contributed by atoms with E-state index in [2.05, 4.69) is 15.2 Å². The molecule has 0 saturated carbocycles. The Bertz CT molecular complexity index is 1280. The van der Waals surface area contributed by atoms with Gasteiger partial charge in [-0.3, -0.25) is 14.2 Å². The summed E-state index contributed by atoms with van der Waals surface area (Å²) in [4.78, 5) is 14.6. The predicted molar refractivity (Wildman–Crippen MR) is 114 cm³/mol. The first kappa shape index (κ1) is 21.5. The lowest BCUT2D eigenvalue weighted by Crippen LogP contribution is -2.14. The lowest BCUT2D eigenvalue weighted by atomic mass is 10.2. The molecule has 6 nitrogen and oxygen atoms in total. The van der Waals surface area contributed by atoms with Gasteiger partial charge in [-0.15, -0.1) is 10.2 Å². The second-order valence-electron chi connectivity index (χ2n) is 6.68. The largest absolute Gasteiger partial charge is 0.376 e. The fraction of sp³-hybridized carbons (Fsp3) is 0.190. The average Bonchev–Trinajstić information content (AvgIpc) is 3.15. The molecule has 1 N–H and O–H groups in total. The monoisotopic (exact) mass is 462 g/mol. The molecule has 0 fully saturated rings. The number of halogens is 3. The number of aromatic nitrogens is 4. The van der Waals surface area contributed by atoms with Crippen molar-refractivity contribution in [3.05, 3.63) is 92.4 Å². The van der Waals surface area contributed by atoms with Gasteiger partial charge in [0.25, 0.3) is 5.56 Å². The Morgan fingerprint density at radius 1 is 1.10 bits per heavy atom. The van der Waals surface area contributed by atoms with Crippen LogP contribution < -0.4 is 5.56 Å². The van der Waals surface area contributed by atoms with Crippen molar-refractivity contribution in [1.82, 2.24) is 19.6 Å². The summed E-state index contributed by atoms with van der Waals surface area (Å²) >= 11 is 7.33. The van der Waals surface area contributed by atoms with E-state index in [9.17, 15) is 13.6 Å². The highest BCUT2D eigenvalue weighted by molar-refractivity contribution is 7.98. The topological polar surface area (TPSA) is 72.3 Å². The Morgan fingerprint density at radius 3 is 2.77 bits per heavy atom. The molecule has 2 aromatic heterocycles. The number of ether oxygens (including phenoxy) is 1. The Hall–Kier alpha value is -2.75. The third-order valence-corrected chi connectivity index (χ3v) is 5.88. The number of fused-ring (bicyclic) bond motifs is 1. The Morgan fingerprint density at radius 2 is 1.94 bits per heavy atom. The molecule has 0 atom stereocenters. The second-order valence-corrected chi connectivity index (χ2v) is 8.03. The zero-order valence-electron chi connectivity index (χ0n) is 16.1. The maximum absolute atomic E-state index is 13.9. The number of thioether (sulfide) groups is 1. The van der Waals surface area contributed by atoms with E-state index in [4.69, 9.17) is 16.3 Å². The molecule has 0 radical (unpaired) electrons. The molecule has 4 aromatic rings. The average molecular weight is 463 g/mol. The first-order chi connectivity index (χ1) is 15.0. The van der Waals surface area contributed by atoms with E-state index in [1.54, 1.807) is 10.5 Å². The van der Waals surface area contributed by atoms with Gasteiger partial charge in [-0.05, 0) is 29.8 Å². The molecule has 4 rings (SSSR count). The van der Waals surface area contributed by atoms with Crippen LogP contribution >= 0.6 is 23.4 Å². The number of nitrogens with zero attached hydrogens (tertiary/aromatic N) is 3. The standard InChI is InChI=1S/C21H17ClF2N4O2S/c22-17-4-2-1-3-13(17)11-30-8-7-16-10-19(29)25-20-26-27-21(28(16)20)31-12-14-9-15(23)5-6-18(14)24/h1-6,9-10H,7-8,11-12H2,(H,25,26,29). The number of hydrogen-bond acceptors (Lipinski definition) is 5. The first-order valence-electron chi connectivity index (χ1n) is 9.36. The number of benzene rings is 2. The van der Waals surface area contributed by atoms with Gasteiger partial charge in [0.2, 0.25) is 5.78 Å². The van der Waals surface area contributed by atoms with Crippen LogP contribution in [0, 0.1) is 11.6 Å². The molecule has 160 valence electrons. The van der Waals surface area contributed by atoms with Crippen molar-refractivity contribution in [2.75, 3.05) is 6.61 Å². The number of H-pyrrole nitrogens is 1. The van der Waals surface area contributed by atoms with Crippen molar-refractivity contribution in [3.63, 3.8) is 0 Å². The molecular formula is C21H17ClF2N4O2S. The summed E-state index contributed by atoms with van der Waals surface area (Å²) in [6.45, 7) is 0.680. The van der Waals surface area contributed by atoms with Crippen LogP contribution in [-0.2, 0) is 23.5 Å². The van der Waals surface area contributed by atoms with Gasteiger partial charge in [0, 0.05) is 34.5 Å². The van der Waals surface area contributed by atoms with E-state index < -0.39 is 11.6 Å². The molecule has 0 aliphatic heterocycles. The van der Waals surface area contributed by atoms with Crippen molar-refractivity contribution in [3.8, 4) is 0 Å². The third-order valence-electron chi connectivity index (χ3n) is 4.54. The SMILES string of the molecule is O=c1cc(CCOCc2ccccc2Cl)n2c(SCc3cc(F)ccc3F)nnc2[nH]1. The minimum Gasteiger partial charge on any atom is -0.376 e. The summed E-state index contributed by atoms with van der Waals surface area (Å²) in [5, 5.41) is 9.16. The molecule has 0 saturated heterocycles. The molecule has 0 aliphatic carbocycles. The fourth-order valence-corrected chi connectivity index (χ4v) is 4.15. The van der Waals surface area contributed by atoms with E-state index in [1.807, 2.05) is 18.2 Å². The number of rotatable bonds is 8. The van der Waals surface area contributed by atoms with Crippen molar-refractivity contribution < 1.29 is 13.5 Å². The lowest BCUT2D eigenvalue weighted by molar-refractivity contribution is 0.123.